The summed E-state index contributed by atoms with van der Waals surface area (Å²) in [6.07, 6.45) is 12.8. The largest absolute Gasteiger partial charge is 0.496 e. The number of carbonyl (C=O) groups excluding carboxylic acids is 2. The second-order valence-electron chi connectivity index (χ2n) is 8.00. The molecule has 166 valence electrons. The fraction of sp³-hybridized carbons (Fsp3) is 0.600. The SMILES string of the molecule is CCCCCCCCCCCCC(O)C1=CC(=O)c2c(OC)ccc(OC)c2C1=O. The van der Waals surface area contributed by atoms with Crippen LogP contribution in [0.2, 0.25) is 0 Å². The number of unbranched alkanes of at least 4 members (excludes halogenated alkanes) is 9. The van der Waals surface area contributed by atoms with Crippen LogP contribution >= 0.6 is 0 Å². The summed E-state index contributed by atoms with van der Waals surface area (Å²) in [7, 11) is 2.91. The maximum absolute atomic E-state index is 13.0. The number of ether oxygens (including phenoxy) is 2. The minimum atomic E-state index is -0.945. The Labute approximate surface area is 180 Å². The number of aliphatic hydroxyl groups is 1. The third-order valence-electron chi connectivity index (χ3n) is 5.78. The first-order valence-electron chi connectivity index (χ1n) is 11.3. The summed E-state index contributed by atoms with van der Waals surface area (Å²) in [5, 5.41) is 10.6. The van der Waals surface area contributed by atoms with Crippen molar-refractivity contribution in [1.82, 2.24) is 0 Å². The van der Waals surface area contributed by atoms with E-state index < -0.39 is 6.10 Å². The number of hydrogen-bond acceptors (Lipinski definition) is 5. The highest BCUT2D eigenvalue weighted by molar-refractivity contribution is 6.27. The summed E-state index contributed by atoms with van der Waals surface area (Å²) in [4.78, 5) is 25.7. The van der Waals surface area contributed by atoms with Gasteiger partial charge in [0.2, 0.25) is 0 Å². The predicted octanol–water partition coefficient (Wildman–Crippen LogP) is 5.68. The average molecular weight is 417 g/mol. The zero-order valence-corrected chi connectivity index (χ0v) is 18.7. The van der Waals surface area contributed by atoms with Gasteiger partial charge in [0.1, 0.15) is 11.5 Å². The molecule has 1 atom stereocenters. The molecule has 0 heterocycles. The van der Waals surface area contributed by atoms with Crippen molar-refractivity contribution < 1.29 is 24.2 Å². The molecule has 0 amide bonds. The van der Waals surface area contributed by atoms with Gasteiger partial charge in [-0.3, -0.25) is 9.59 Å². The van der Waals surface area contributed by atoms with Crippen LogP contribution < -0.4 is 9.47 Å². The molecule has 0 fully saturated rings. The van der Waals surface area contributed by atoms with Crippen molar-refractivity contribution in [3.05, 3.63) is 34.9 Å². The second-order valence-corrected chi connectivity index (χ2v) is 8.00. The molecule has 2 rings (SSSR count). The van der Waals surface area contributed by atoms with Gasteiger partial charge in [-0.1, -0.05) is 71.1 Å². The zero-order chi connectivity index (χ0) is 21.9. The number of aliphatic hydroxyl groups excluding tert-OH is 1. The third-order valence-corrected chi connectivity index (χ3v) is 5.78. The topological polar surface area (TPSA) is 72.8 Å². The van der Waals surface area contributed by atoms with Crippen molar-refractivity contribution in [3.8, 4) is 11.5 Å². The maximum atomic E-state index is 13.0. The highest BCUT2D eigenvalue weighted by Crippen LogP contribution is 2.37. The Kier molecular flexibility index (Phi) is 10.1. The minimum absolute atomic E-state index is 0.148. The molecule has 1 aromatic rings. The number of rotatable bonds is 14. The smallest absolute Gasteiger partial charge is 0.196 e. The van der Waals surface area contributed by atoms with Crippen molar-refractivity contribution >= 4 is 11.6 Å². The molecule has 1 aliphatic carbocycles. The van der Waals surface area contributed by atoms with Crippen LogP contribution in [0.15, 0.2) is 23.8 Å². The van der Waals surface area contributed by atoms with E-state index in [1.165, 1.54) is 65.2 Å². The summed E-state index contributed by atoms with van der Waals surface area (Å²) < 4.78 is 10.5. The first kappa shape index (κ1) is 24.1. The van der Waals surface area contributed by atoms with E-state index in [2.05, 4.69) is 6.92 Å². The lowest BCUT2D eigenvalue weighted by Crippen LogP contribution is -2.26. The molecule has 0 radical (unpaired) electrons. The number of benzene rings is 1. The highest BCUT2D eigenvalue weighted by atomic mass is 16.5. The van der Waals surface area contributed by atoms with Crippen molar-refractivity contribution in [2.24, 2.45) is 0 Å². The van der Waals surface area contributed by atoms with Gasteiger partial charge in [-0.05, 0) is 24.6 Å². The van der Waals surface area contributed by atoms with E-state index in [1.807, 2.05) is 0 Å². The first-order valence-corrected chi connectivity index (χ1v) is 11.3. The van der Waals surface area contributed by atoms with Crippen LogP contribution in [0.3, 0.4) is 0 Å². The quantitative estimate of drug-likeness (QED) is 0.395. The molecule has 0 spiro atoms. The van der Waals surface area contributed by atoms with E-state index in [0.29, 0.717) is 17.9 Å². The van der Waals surface area contributed by atoms with Gasteiger partial charge < -0.3 is 14.6 Å². The molecule has 5 heteroatoms. The average Bonchev–Trinajstić information content (AvgIpc) is 2.76. The van der Waals surface area contributed by atoms with E-state index >= 15 is 0 Å². The molecule has 1 unspecified atom stereocenters. The second kappa shape index (κ2) is 12.5. The zero-order valence-electron chi connectivity index (χ0n) is 18.7. The fourth-order valence-electron chi connectivity index (χ4n) is 4.03. The fourth-order valence-corrected chi connectivity index (χ4v) is 4.03. The molecule has 1 aliphatic rings. The molecule has 0 aromatic heterocycles. The first-order chi connectivity index (χ1) is 14.5. The van der Waals surface area contributed by atoms with Crippen molar-refractivity contribution in [2.75, 3.05) is 14.2 Å². The van der Waals surface area contributed by atoms with Crippen LogP contribution in [0.4, 0.5) is 0 Å². The van der Waals surface area contributed by atoms with Crippen LogP contribution in [-0.2, 0) is 0 Å². The van der Waals surface area contributed by atoms with E-state index in [1.54, 1.807) is 12.1 Å². The van der Waals surface area contributed by atoms with Crippen LogP contribution in [0.1, 0.15) is 98.3 Å². The number of methoxy groups -OCH3 is 2. The Morgan fingerprint density at radius 2 is 1.30 bits per heavy atom. The molecule has 30 heavy (non-hydrogen) atoms. The number of allylic oxidation sites excluding steroid dienone is 1. The van der Waals surface area contributed by atoms with Gasteiger partial charge in [-0.15, -0.1) is 0 Å². The van der Waals surface area contributed by atoms with Gasteiger partial charge in [-0.2, -0.15) is 0 Å². The van der Waals surface area contributed by atoms with Gasteiger partial charge in [-0.25, -0.2) is 0 Å². The summed E-state index contributed by atoms with van der Waals surface area (Å²) in [6.45, 7) is 2.23. The summed E-state index contributed by atoms with van der Waals surface area (Å²) in [5.41, 5.74) is 0.535. The Morgan fingerprint density at radius 1 is 0.800 bits per heavy atom. The van der Waals surface area contributed by atoms with Gasteiger partial charge in [0.25, 0.3) is 0 Å². The van der Waals surface area contributed by atoms with Gasteiger partial charge in [0.15, 0.2) is 11.6 Å². The Bertz CT molecular complexity index is 750. The predicted molar refractivity (Wildman–Crippen MR) is 119 cm³/mol. The monoisotopic (exact) mass is 416 g/mol. The van der Waals surface area contributed by atoms with E-state index in [4.69, 9.17) is 9.47 Å². The van der Waals surface area contributed by atoms with Crippen molar-refractivity contribution in [2.45, 2.75) is 83.7 Å². The minimum Gasteiger partial charge on any atom is -0.496 e. The number of ketones is 2. The van der Waals surface area contributed by atoms with Crippen molar-refractivity contribution in [1.29, 1.82) is 0 Å². The summed E-state index contributed by atoms with van der Waals surface area (Å²) in [6, 6.07) is 3.22. The van der Waals surface area contributed by atoms with Gasteiger partial charge in [0, 0.05) is 5.57 Å². The third kappa shape index (κ3) is 6.18. The molecule has 1 N–H and O–H groups in total. The highest BCUT2D eigenvalue weighted by Gasteiger charge is 2.34. The van der Waals surface area contributed by atoms with E-state index in [0.717, 1.165) is 19.3 Å². The van der Waals surface area contributed by atoms with E-state index in [-0.39, 0.29) is 28.3 Å². The molecule has 1 aromatic carbocycles. The molecular weight excluding hydrogens is 380 g/mol. The van der Waals surface area contributed by atoms with Gasteiger partial charge in [0.05, 0.1) is 31.5 Å². The molecule has 0 aliphatic heterocycles. The lowest BCUT2D eigenvalue weighted by atomic mass is 9.84. The van der Waals surface area contributed by atoms with Crippen molar-refractivity contribution in [3.63, 3.8) is 0 Å². The van der Waals surface area contributed by atoms with Crippen LogP contribution in [0.25, 0.3) is 0 Å². The van der Waals surface area contributed by atoms with E-state index in [9.17, 15) is 14.7 Å². The molecule has 0 saturated heterocycles. The summed E-state index contributed by atoms with van der Waals surface area (Å²) in [5.74, 6) is -0.0399. The lowest BCUT2D eigenvalue weighted by molar-refractivity contribution is 0.0936. The Morgan fingerprint density at radius 3 is 1.83 bits per heavy atom. The standard InChI is InChI=1S/C25H36O5/c1-4-5-6-7-8-9-10-11-12-13-14-19(26)18-17-20(27)23-21(29-2)15-16-22(30-3)24(23)25(18)28/h15-17,19,26H,4-14H2,1-3H3. The maximum Gasteiger partial charge on any atom is 0.196 e. The molecule has 0 bridgehead atoms. The molecule has 5 nitrogen and oxygen atoms in total. The Balaban J connectivity index is 1.86. The molecule has 0 saturated carbocycles. The summed E-state index contributed by atoms with van der Waals surface area (Å²) >= 11 is 0. The van der Waals surface area contributed by atoms with Crippen LogP contribution in [-0.4, -0.2) is 37.0 Å². The Hall–Kier alpha value is -2.14. The van der Waals surface area contributed by atoms with Crippen LogP contribution in [0, 0.1) is 0 Å². The number of Topliss-reactive ketones (excluding diaryl/α,β-unsaturated/α-hetero) is 1. The lowest BCUT2D eigenvalue weighted by Gasteiger charge is -2.22. The number of fused-ring (bicyclic) bond motifs is 1. The number of hydrogen-bond donors (Lipinski definition) is 1. The van der Waals surface area contributed by atoms with Crippen LogP contribution in [0.5, 0.6) is 11.5 Å². The normalized spacial score (nSPS) is 14.3. The number of carbonyl (C=O) groups is 2. The molecular formula is C25H36O5. The van der Waals surface area contributed by atoms with Gasteiger partial charge >= 0.3 is 0 Å².